The van der Waals surface area contributed by atoms with Crippen molar-refractivity contribution in [1.29, 1.82) is 0 Å². The monoisotopic (exact) mass is 431 g/mol. The predicted molar refractivity (Wildman–Crippen MR) is 119 cm³/mol. The van der Waals surface area contributed by atoms with Gasteiger partial charge >= 0.3 is 5.97 Å². The number of benzene rings is 2. The summed E-state index contributed by atoms with van der Waals surface area (Å²) in [5.41, 5.74) is 2.81. The molecular weight excluding hydrogens is 410 g/mol. The van der Waals surface area contributed by atoms with Crippen molar-refractivity contribution in [2.45, 2.75) is 20.4 Å². The first-order chi connectivity index (χ1) is 15.4. The number of para-hydroxylation sites is 1. The van der Waals surface area contributed by atoms with Crippen LogP contribution in [0.3, 0.4) is 0 Å². The minimum Gasteiger partial charge on any atom is -0.454 e. The van der Waals surface area contributed by atoms with Gasteiger partial charge in [0.1, 0.15) is 12.4 Å². The van der Waals surface area contributed by atoms with Gasteiger partial charge in [-0.25, -0.2) is 9.67 Å². The fourth-order valence-electron chi connectivity index (χ4n) is 3.20. The number of fused-ring (bicyclic) bond motifs is 1. The highest BCUT2D eigenvalue weighted by Gasteiger charge is 2.14. The molecule has 4 aromatic rings. The molecule has 4 rings (SSSR count). The molecule has 32 heavy (non-hydrogen) atoms. The maximum absolute atomic E-state index is 12.5. The number of carbonyl (C=O) groups excluding carboxylic acids is 2. The lowest BCUT2D eigenvalue weighted by atomic mass is 10.2. The van der Waals surface area contributed by atoms with Crippen molar-refractivity contribution in [1.82, 2.24) is 19.3 Å². The summed E-state index contributed by atoms with van der Waals surface area (Å²) in [5.74, 6) is -0.777. The lowest BCUT2D eigenvalue weighted by Crippen LogP contribution is -2.28. The van der Waals surface area contributed by atoms with E-state index in [2.05, 4.69) is 15.4 Å². The van der Waals surface area contributed by atoms with E-state index in [1.807, 2.05) is 38.1 Å². The minimum atomic E-state index is -0.720. The van der Waals surface area contributed by atoms with Crippen molar-refractivity contribution in [2.24, 2.45) is 0 Å². The highest BCUT2D eigenvalue weighted by atomic mass is 16.5. The van der Waals surface area contributed by atoms with E-state index in [0.717, 1.165) is 21.5 Å². The number of carbonyl (C=O) groups is 2. The fourth-order valence-corrected chi connectivity index (χ4v) is 3.20. The summed E-state index contributed by atoms with van der Waals surface area (Å²) in [5, 5.41) is 7.50. The second-order valence-electron chi connectivity index (χ2n) is 7.32. The van der Waals surface area contributed by atoms with Gasteiger partial charge in [0.25, 0.3) is 11.5 Å². The van der Waals surface area contributed by atoms with Gasteiger partial charge in [0.05, 0.1) is 28.6 Å². The highest BCUT2D eigenvalue weighted by Crippen LogP contribution is 2.17. The number of aromatic nitrogens is 4. The topological polar surface area (TPSA) is 108 Å². The summed E-state index contributed by atoms with van der Waals surface area (Å²) in [4.78, 5) is 41.1. The lowest BCUT2D eigenvalue weighted by molar-refractivity contribution is -0.147. The van der Waals surface area contributed by atoms with Crippen LogP contribution in [0.5, 0.6) is 0 Å². The second-order valence-corrected chi connectivity index (χ2v) is 7.32. The van der Waals surface area contributed by atoms with E-state index in [9.17, 15) is 14.4 Å². The Morgan fingerprint density at radius 1 is 1.06 bits per heavy atom. The number of ether oxygens (including phenoxy) is 1. The second kappa shape index (κ2) is 8.84. The van der Waals surface area contributed by atoms with Gasteiger partial charge in [-0.2, -0.15) is 5.10 Å². The van der Waals surface area contributed by atoms with Crippen LogP contribution >= 0.6 is 0 Å². The van der Waals surface area contributed by atoms with Crippen molar-refractivity contribution >= 4 is 28.6 Å². The van der Waals surface area contributed by atoms with E-state index in [4.69, 9.17) is 4.74 Å². The van der Waals surface area contributed by atoms with Crippen molar-refractivity contribution in [3.63, 3.8) is 0 Å². The predicted octanol–water partition coefficient (Wildman–Crippen LogP) is 2.38. The van der Waals surface area contributed by atoms with E-state index < -0.39 is 18.5 Å². The summed E-state index contributed by atoms with van der Waals surface area (Å²) in [6.45, 7) is 2.96. The molecule has 0 fully saturated rings. The molecule has 0 aliphatic heterocycles. The molecule has 162 valence electrons. The molecule has 9 nitrogen and oxygen atoms in total. The van der Waals surface area contributed by atoms with Gasteiger partial charge in [0.15, 0.2) is 6.61 Å². The van der Waals surface area contributed by atoms with E-state index in [0.29, 0.717) is 16.7 Å². The summed E-state index contributed by atoms with van der Waals surface area (Å²) in [7, 11) is 0. The first kappa shape index (κ1) is 21.0. The molecule has 2 heterocycles. The van der Waals surface area contributed by atoms with Crippen molar-refractivity contribution in [2.75, 3.05) is 11.9 Å². The Bertz CT molecular complexity index is 1360. The van der Waals surface area contributed by atoms with Crippen LogP contribution in [0.2, 0.25) is 0 Å². The molecule has 0 saturated carbocycles. The summed E-state index contributed by atoms with van der Waals surface area (Å²) >= 11 is 0. The molecule has 0 radical (unpaired) electrons. The third kappa shape index (κ3) is 4.56. The molecule has 1 amide bonds. The third-order valence-electron chi connectivity index (χ3n) is 4.77. The average molecular weight is 431 g/mol. The summed E-state index contributed by atoms with van der Waals surface area (Å²) in [6.07, 6.45) is 1.29. The molecule has 0 bridgehead atoms. The Balaban J connectivity index is 1.39. The Morgan fingerprint density at radius 2 is 1.81 bits per heavy atom. The third-order valence-corrected chi connectivity index (χ3v) is 4.77. The molecule has 2 aromatic heterocycles. The Kier molecular flexibility index (Phi) is 5.80. The molecule has 0 spiro atoms. The summed E-state index contributed by atoms with van der Waals surface area (Å²) < 4.78 is 7.80. The number of hydrogen-bond donors (Lipinski definition) is 1. The zero-order valence-corrected chi connectivity index (χ0v) is 17.6. The molecule has 1 N–H and O–H groups in total. The van der Waals surface area contributed by atoms with Crippen LogP contribution in [-0.4, -0.2) is 37.8 Å². The van der Waals surface area contributed by atoms with E-state index in [-0.39, 0.29) is 12.1 Å². The largest absolute Gasteiger partial charge is 0.454 e. The molecule has 0 aliphatic rings. The number of aryl methyl sites for hydroxylation is 2. The normalized spacial score (nSPS) is 10.8. The number of amides is 1. The number of rotatable bonds is 6. The minimum absolute atomic E-state index is 0.343. The van der Waals surface area contributed by atoms with E-state index in [1.165, 1.54) is 6.33 Å². The van der Waals surface area contributed by atoms with Crippen molar-refractivity contribution < 1.29 is 14.3 Å². The fraction of sp³-hybridized carbons (Fsp3) is 0.174. The van der Waals surface area contributed by atoms with Crippen LogP contribution in [0.4, 0.5) is 5.82 Å². The molecular formula is C23H21N5O4. The first-order valence-electron chi connectivity index (χ1n) is 9.94. The molecule has 0 atom stereocenters. The molecule has 0 aliphatic carbocycles. The smallest absolute Gasteiger partial charge is 0.326 e. The van der Waals surface area contributed by atoms with Crippen LogP contribution in [0.1, 0.15) is 11.3 Å². The van der Waals surface area contributed by atoms with Crippen LogP contribution in [-0.2, 0) is 20.9 Å². The van der Waals surface area contributed by atoms with Crippen molar-refractivity contribution in [3.05, 3.63) is 82.5 Å². The maximum Gasteiger partial charge on any atom is 0.326 e. The average Bonchev–Trinajstić information content (AvgIpc) is 3.15. The Morgan fingerprint density at radius 3 is 2.59 bits per heavy atom. The van der Waals surface area contributed by atoms with Gasteiger partial charge in [-0.1, -0.05) is 29.8 Å². The van der Waals surface area contributed by atoms with Gasteiger partial charge in [-0.15, -0.1) is 0 Å². The van der Waals surface area contributed by atoms with Gasteiger partial charge in [-0.05, 0) is 38.1 Å². The van der Waals surface area contributed by atoms with E-state index in [1.54, 1.807) is 35.0 Å². The van der Waals surface area contributed by atoms with Crippen LogP contribution in [0.15, 0.2) is 65.7 Å². The van der Waals surface area contributed by atoms with Gasteiger partial charge in [0.2, 0.25) is 0 Å². The quantitative estimate of drug-likeness (QED) is 0.470. The molecule has 0 unspecified atom stereocenters. The maximum atomic E-state index is 12.5. The van der Waals surface area contributed by atoms with Crippen LogP contribution in [0, 0.1) is 13.8 Å². The number of nitrogens with zero attached hydrogens (tertiary/aromatic N) is 4. The zero-order chi connectivity index (χ0) is 22.7. The number of anilines is 1. The number of hydrogen-bond acceptors (Lipinski definition) is 6. The number of nitrogens with one attached hydrogen (secondary N) is 1. The van der Waals surface area contributed by atoms with Gasteiger partial charge in [-0.3, -0.25) is 19.0 Å². The number of esters is 1. The summed E-state index contributed by atoms with van der Waals surface area (Å²) in [6, 6.07) is 16.3. The van der Waals surface area contributed by atoms with Gasteiger partial charge < -0.3 is 10.1 Å². The first-order valence-corrected chi connectivity index (χ1v) is 9.94. The molecule has 2 aromatic carbocycles. The zero-order valence-electron chi connectivity index (χ0n) is 17.6. The van der Waals surface area contributed by atoms with Crippen LogP contribution < -0.4 is 10.9 Å². The molecule has 0 saturated heterocycles. The molecule has 9 heteroatoms. The van der Waals surface area contributed by atoms with E-state index >= 15 is 0 Å². The van der Waals surface area contributed by atoms with Crippen molar-refractivity contribution in [3.8, 4) is 5.69 Å². The van der Waals surface area contributed by atoms with Crippen LogP contribution in [0.25, 0.3) is 16.6 Å². The SMILES string of the molecule is Cc1ccc(-n2nc(C)cc2NC(=O)COC(=O)Cn2cnc3ccccc3c2=O)cc1. The van der Waals surface area contributed by atoms with Gasteiger partial charge in [0, 0.05) is 6.07 Å². The Hall–Kier alpha value is -4.27. The highest BCUT2D eigenvalue weighted by molar-refractivity contribution is 5.92. The standard InChI is InChI=1S/C23H21N5O4/c1-15-7-9-17(10-8-15)28-20(11-16(2)26-28)25-21(29)13-32-22(30)12-27-14-24-19-6-4-3-5-18(19)23(27)31/h3-11,14H,12-13H2,1-2H3,(H,25,29). The Labute approximate surface area is 183 Å². The lowest BCUT2D eigenvalue weighted by Gasteiger charge is -2.10.